The van der Waals surface area contributed by atoms with Gasteiger partial charge in [0.05, 0.1) is 6.20 Å². The second-order valence-corrected chi connectivity index (χ2v) is 4.38. The third-order valence-corrected chi connectivity index (χ3v) is 3.52. The number of piperidine rings is 1. The summed E-state index contributed by atoms with van der Waals surface area (Å²) in [5.41, 5.74) is 0. The molecule has 0 aliphatic carbocycles. The summed E-state index contributed by atoms with van der Waals surface area (Å²) in [5.74, 6) is 1.84. The lowest BCUT2D eigenvalue weighted by atomic mass is 9.92. The number of nitrogens with zero attached hydrogens (tertiary/aromatic N) is 3. The van der Waals surface area contributed by atoms with E-state index in [0.29, 0.717) is 6.04 Å². The van der Waals surface area contributed by atoms with Crippen molar-refractivity contribution in [3.05, 3.63) is 18.6 Å². The highest BCUT2D eigenvalue weighted by Gasteiger charge is 2.35. The minimum atomic E-state index is 0.635. The Morgan fingerprint density at radius 2 is 2.33 bits per heavy atom. The first kappa shape index (κ1) is 9.09. The number of rotatable bonds is 1. The van der Waals surface area contributed by atoms with Gasteiger partial charge in [-0.2, -0.15) is 0 Å². The van der Waals surface area contributed by atoms with Gasteiger partial charge in [-0.1, -0.05) is 0 Å². The van der Waals surface area contributed by atoms with Crippen LogP contribution in [0.2, 0.25) is 0 Å². The summed E-state index contributed by atoms with van der Waals surface area (Å²) in [4.78, 5) is 11.0. The van der Waals surface area contributed by atoms with Crippen LogP contribution in [-0.2, 0) is 0 Å². The molecule has 80 valence electrons. The third-order valence-electron chi connectivity index (χ3n) is 3.52. The van der Waals surface area contributed by atoms with Crippen LogP contribution in [0.5, 0.6) is 0 Å². The fourth-order valence-corrected chi connectivity index (χ4v) is 2.79. The molecule has 3 rings (SSSR count). The summed E-state index contributed by atoms with van der Waals surface area (Å²) < 4.78 is 0. The maximum Gasteiger partial charge on any atom is 0.147 e. The van der Waals surface area contributed by atoms with E-state index in [-0.39, 0.29) is 0 Å². The van der Waals surface area contributed by atoms with E-state index in [1.165, 1.54) is 19.4 Å². The van der Waals surface area contributed by atoms with Crippen molar-refractivity contribution in [2.75, 3.05) is 24.5 Å². The minimum Gasteiger partial charge on any atom is -0.351 e. The van der Waals surface area contributed by atoms with Crippen molar-refractivity contribution < 1.29 is 0 Å². The molecule has 4 heteroatoms. The first-order valence-electron chi connectivity index (χ1n) is 5.68. The van der Waals surface area contributed by atoms with E-state index in [9.17, 15) is 0 Å². The Balaban J connectivity index is 1.85. The molecule has 1 aromatic rings. The summed E-state index contributed by atoms with van der Waals surface area (Å²) in [5, 5.41) is 3.47. The number of nitrogens with one attached hydrogen (secondary N) is 1. The Morgan fingerprint density at radius 3 is 3.20 bits per heavy atom. The summed E-state index contributed by atoms with van der Waals surface area (Å²) in [6.45, 7) is 3.39. The maximum absolute atomic E-state index is 4.40. The molecule has 0 spiro atoms. The quantitative estimate of drug-likeness (QED) is 0.730. The second kappa shape index (κ2) is 3.77. The monoisotopic (exact) mass is 204 g/mol. The van der Waals surface area contributed by atoms with Crippen molar-refractivity contribution in [1.29, 1.82) is 0 Å². The van der Waals surface area contributed by atoms with Crippen LogP contribution in [0.3, 0.4) is 0 Å². The fraction of sp³-hybridized carbons (Fsp3) is 0.636. The molecule has 3 heterocycles. The Morgan fingerprint density at radius 1 is 1.33 bits per heavy atom. The van der Waals surface area contributed by atoms with Crippen LogP contribution < -0.4 is 10.2 Å². The number of hydrogen-bond acceptors (Lipinski definition) is 4. The Labute approximate surface area is 89.7 Å². The van der Waals surface area contributed by atoms with Gasteiger partial charge in [-0.3, -0.25) is 4.98 Å². The molecule has 0 radical (unpaired) electrons. The normalized spacial score (nSPS) is 30.3. The van der Waals surface area contributed by atoms with Gasteiger partial charge in [-0.15, -0.1) is 0 Å². The van der Waals surface area contributed by atoms with Crippen LogP contribution in [0, 0.1) is 5.92 Å². The van der Waals surface area contributed by atoms with Gasteiger partial charge in [0.25, 0.3) is 0 Å². The lowest BCUT2D eigenvalue weighted by Crippen LogP contribution is -2.45. The average Bonchev–Trinajstić information content (AvgIpc) is 2.78. The van der Waals surface area contributed by atoms with Crippen molar-refractivity contribution in [2.45, 2.75) is 18.9 Å². The topological polar surface area (TPSA) is 41.1 Å². The molecule has 4 nitrogen and oxygen atoms in total. The molecular formula is C11H16N4. The predicted molar refractivity (Wildman–Crippen MR) is 58.8 cm³/mol. The van der Waals surface area contributed by atoms with Gasteiger partial charge in [0.2, 0.25) is 0 Å². The van der Waals surface area contributed by atoms with Crippen molar-refractivity contribution in [1.82, 2.24) is 15.3 Å². The van der Waals surface area contributed by atoms with Gasteiger partial charge >= 0.3 is 0 Å². The Hall–Kier alpha value is -1.16. The summed E-state index contributed by atoms with van der Waals surface area (Å²) in [7, 11) is 0. The van der Waals surface area contributed by atoms with E-state index in [0.717, 1.165) is 24.8 Å². The first-order valence-corrected chi connectivity index (χ1v) is 5.68. The molecular weight excluding hydrogens is 188 g/mol. The van der Waals surface area contributed by atoms with Crippen LogP contribution in [0.15, 0.2) is 18.6 Å². The zero-order valence-electron chi connectivity index (χ0n) is 8.76. The molecule has 2 unspecified atom stereocenters. The Bertz CT molecular complexity index is 327. The fourth-order valence-electron chi connectivity index (χ4n) is 2.79. The molecule has 2 saturated heterocycles. The first-order chi connectivity index (χ1) is 7.45. The minimum absolute atomic E-state index is 0.635. The highest BCUT2D eigenvalue weighted by atomic mass is 15.3. The van der Waals surface area contributed by atoms with Crippen LogP contribution in [0.1, 0.15) is 12.8 Å². The second-order valence-electron chi connectivity index (χ2n) is 4.38. The molecule has 0 amide bonds. The third kappa shape index (κ3) is 1.59. The molecule has 0 bridgehead atoms. The highest BCUT2D eigenvalue weighted by Crippen LogP contribution is 2.29. The molecule has 1 N–H and O–H groups in total. The summed E-state index contributed by atoms with van der Waals surface area (Å²) in [6, 6.07) is 0.635. The van der Waals surface area contributed by atoms with Gasteiger partial charge in [0, 0.05) is 38.1 Å². The smallest absolute Gasteiger partial charge is 0.147 e. The largest absolute Gasteiger partial charge is 0.351 e. The van der Waals surface area contributed by atoms with Crippen LogP contribution in [0.4, 0.5) is 5.82 Å². The number of anilines is 1. The molecule has 15 heavy (non-hydrogen) atoms. The molecule has 2 fully saturated rings. The van der Waals surface area contributed by atoms with Gasteiger partial charge in [-0.25, -0.2) is 4.98 Å². The van der Waals surface area contributed by atoms with E-state index >= 15 is 0 Å². The molecule has 2 atom stereocenters. The summed E-state index contributed by atoms with van der Waals surface area (Å²) >= 11 is 0. The molecule has 0 aromatic carbocycles. The van der Waals surface area contributed by atoms with E-state index in [2.05, 4.69) is 20.2 Å². The van der Waals surface area contributed by atoms with E-state index in [1.54, 1.807) is 12.4 Å². The Kier molecular flexibility index (Phi) is 2.29. The lowest BCUT2D eigenvalue weighted by Gasteiger charge is -2.37. The SMILES string of the molecule is c1cnc(N2CCCC3CNCC32)cn1. The van der Waals surface area contributed by atoms with Crippen LogP contribution in [-0.4, -0.2) is 35.6 Å². The van der Waals surface area contributed by atoms with Crippen molar-refractivity contribution in [3.63, 3.8) is 0 Å². The van der Waals surface area contributed by atoms with Crippen molar-refractivity contribution in [3.8, 4) is 0 Å². The molecule has 2 aliphatic heterocycles. The van der Waals surface area contributed by atoms with E-state index in [4.69, 9.17) is 0 Å². The number of aromatic nitrogens is 2. The lowest BCUT2D eigenvalue weighted by molar-refractivity contribution is 0.383. The molecule has 2 aliphatic rings. The van der Waals surface area contributed by atoms with E-state index < -0.39 is 0 Å². The van der Waals surface area contributed by atoms with Crippen molar-refractivity contribution >= 4 is 5.82 Å². The van der Waals surface area contributed by atoms with Gasteiger partial charge < -0.3 is 10.2 Å². The number of fused-ring (bicyclic) bond motifs is 1. The van der Waals surface area contributed by atoms with Gasteiger partial charge in [0.15, 0.2) is 0 Å². The van der Waals surface area contributed by atoms with E-state index in [1.807, 2.05) is 6.20 Å². The highest BCUT2D eigenvalue weighted by molar-refractivity contribution is 5.38. The zero-order valence-corrected chi connectivity index (χ0v) is 8.76. The number of hydrogen-bond donors (Lipinski definition) is 1. The standard InChI is InChI=1S/C11H16N4/c1-2-9-6-13-7-10(9)15(5-1)11-8-12-3-4-14-11/h3-4,8-10,13H,1-2,5-7H2. The van der Waals surface area contributed by atoms with Gasteiger partial charge in [0.1, 0.15) is 5.82 Å². The predicted octanol–water partition coefficient (Wildman–Crippen LogP) is 0.665. The van der Waals surface area contributed by atoms with Gasteiger partial charge in [-0.05, 0) is 18.8 Å². The van der Waals surface area contributed by atoms with Crippen LogP contribution >= 0.6 is 0 Å². The van der Waals surface area contributed by atoms with Crippen LogP contribution in [0.25, 0.3) is 0 Å². The maximum atomic E-state index is 4.40. The van der Waals surface area contributed by atoms with Crippen molar-refractivity contribution in [2.24, 2.45) is 5.92 Å². The summed E-state index contributed by atoms with van der Waals surface area (Å²) in [6.07, 6.45) is 8.02. The molecule has 0 saturated carbocycles. The zero-order chi connectivity index (χ0) is 10.1. The molecule has 1 aromatic heterocycles. The average molecular weight is 204 g/mol.